The average Bonchev–Trinajstić information content (AvgIpc) is 3.73. The Kier molecular flexibility index (Phi) is 10.5. The number of hydrogen-bond acceptors (Lipinski definition) is 11. The van der Waals surface area contributed by atoms with Crippen molar-refractivity contribution in [3.8, 4) is 11.6 Å². The molecule has 2 heterocycles. The second kappa shape index (κ2) is 14.5. The summed E-state index contributed by atoms with van der Waals surface area (Å²) in [5.41, 5.74) is -0.863. The van der Waals surface area contributed by atoms with E-state index in [1.807, 2.05) is 69.1 Å². The van der Waals surface area contributed by atoms with E-state index in [1.165, 1.54) is 0 Å². The number of allylic oxidation sites excluding steroid dienone is 1. The molecule has 2 aromatic carbocycles. The number of fused-ring (bicyclic) bond motifs is 4. The lowest BCUT2D eigenvalue weighted by atomic mass is 9.58. The number of ketones is 2. The number of aliphatic hydroxyl groups excluding tert-OH is 2. The third-order valence-corrected chi connectivity index (χ3v) is 18.0. The first-order valence-corrected chi connectivity index (χ1v) is 22.8. The van der Waals surface area contributed by atoms with E-state index in [9.17, 15) is 20.1 Å². The maximum absolute atomic E-state index is 17.3. The van der Waals surface area contributed by atoms with E-state index < -0.39 is 65.9 Å². The van der Waals surface area contributed by atoms with Crippen molar-refractivity contribution in [2.24, 2.45) is 11.8 Å². The first-order valence-electron chi connectivity index (χ1n) is 19.1. The predicted octanol–water partition coefficient (Wildman–Crippen LogP) is 7.65. The van der Waals surface area contributed by atoms with Gasteiger partial charge >= 0.3 is 0 Å². The Balaban J connectivity index is 1.44. The standard InChI is InChI=1S/C41H51BrFN3O8Si/c1-40(2,3)55(6,7)54-41-27(33(45(4)5)36-30(38(41)50)39(51)44-53-36)19-23-18-25-29(34(48)28(23)37(41)49)35(52-21-22-12-9-8-10-13-22)31(42)26(32(25)43)20-46-16-11-14-24(46)15-17-47/h8-10,12-13,23-24,27,33,47,49H,11,14-21H2,1-7H3,(H,44,51)/t23-,24-,27-,33-,41-/m0/s1. The molecular formula is C41H51BrFN3O8Si. The second-order valence-corrected chi connectivity index (χ2v) is 22.8. The highest BCUT2D eigenvalue weighted by atomic mass is 79.9. The van der Waals surface area contributed by atoms with Gasteiger partial charge in [0.1, 0.15) is 29.5 Å². The zero-order valence-electron chi connectivity index (χ0n) is 32.5. The molecule has 1 aliphatic heterocycles. The van der Waals surface area contributed by atoms with E-state index in [0.29, 0.717) is 16.5 Å². The molecular weight excluding hydrogens is 789 g/mol. The van der Waals surface area contributed by atoms with Crippen molar-refractivity contribution in [1.29, 1.82) is 0 Å². The molecule has 1 fully saturated rings. The highest BCUT2D eigenvalue weighted by Gasteiger charge is 2.67. The molecule has 14 heteroatoms. The van der Waals surface area contributed by atoms with Crippen LogP contribution in [-0.2, 0) is 24.0 Å². The van der Waals surface area contributed by atoms with Gasteiger partial charge in [-0.25, -0.2) is 4.39 Å². The number of ether oxygens (including phenoxy) is 1. The summed E-state index contributed by atoms with van der Waals surface area (Å²) in [6, 6.07) is 8.85. The van der Waals surface area contributed by atoms with Crippen LogP contribution in [0.25, 0.3) is 0 Å². The topological polar surface area (TPSA) is 146 Å². The number of aliphatic hydroxyl groups is 2. The fourth-order valence-electron chi connectivity index (χ4n) is 9.03. The smallest absolute Gasteiger partial charge is 0.263 e. The van der Waals surface area contributed by atoms with Crippen LogP contribution in [0, 0.1) is 17.7 Å². The number of carbonyl (C=O) groups is 2. The molecule has 3 aromatic rings. The third-order valence-electron chi connectivity index (χ3n) is 12.8. The minimum absolute atomic E-state index is 0.00274. The number of halogens is 2. The van der Waals surface area contributed by atoms with Crippen LogP contribution >= 0.6 is 15.9 Å². The van der Waals surface area contributed by atoms with Crippen LogP contribution < -0.4 is 4.74 Å². The number of carbonyl (C=O) groups excluding carboxylic acids is 2. The van der Waals surface area contributed by atoms with Crippen molar-refractivity contribution < 1.29 is 43.0 Å². The molecule has 0 amide bonds. The summed E-state index contributed by atoms with van der Waals surface area (Å²) in [5, 5.41) is 36.8. The number of rotatable bonds is 10. The number of likely N-dealkylation sites (tertiary alicyclic amines) is 1. The number of hydrogen-bond donors (Lipinski definition) is 3. The lowest BCUT2D eigenvalue weighted by molar-refractivity contribution is -0.0481. The molecule has 1 saturated heterocycles. The van der Waals surface area contributed by atoms with Gasteiger partial charge in [0.15, 0.2) is 25.5 Å². The number of aromatic nitrogens is 1. The Hall–Kier alpha value is -3.40. The normalized spacial score (nSPS) is 25.6. The van der Waals surface area contributed by atoms with Gasteiger partial charge in [-0.3, -0.25) is 19.4 Å². The number of benzene rings is 2. The van der Waals surface area contributed by atoms with E-state index in [-0.39, 0.29) is 72.4 Å². The fraction of sp³-hybridized carbons (Fsp3) is 0.537. The first kappa shape index (κ1) is 39.8. The van der Waals surface area contributed by atoms with Crippen LogP contribution in [-0.4, -0.2) is 89.0 Å². The highest BCUT2D eigenvalue weighted by molar-refractivity contribution is 9.10. The minimum atomic E-state index is -2.93. The van der Waals surface area contributed by atoms with Crippen LogP contribution in [0.2, 0.25) is 18.1 Å². The summed E-state index contributed by atoms with van der Waals surface area (Å²) in [6.07, 6.45) is 2.63. The zero-order chi connectivity index (χ0) is 39.8. The predicted molar refractivity (Wildman–Crippen MR) is 209 cm³/mol. The van der Waals surface area contributed by atoms with Crippen LogP contribution in [0.15, 0.2) is 50.7 Å². The van der Waals surface area contributed by atoms with E-state index in [0.717, 1.165) is 24.9 Å². The summed E-state index contributed by atoms with van der Waals surface area (Å²) in [5.74, 6) is -4.16. The molecule has 296 valence electrons. The van der Waals surface area contributed by atoms with Crippen LogP contribution in [0.1, 0.15) is 95.7 Å². The molecule has 4 aliphatic rings. The van der Waals surface area contributed by atoms with Gasteiger partial charge in [-0.1, -0.05) is 51.1 Å². The Bertz CT molecular complexity index is 2050. The van der Waals surface area contributed by atoms with Gasteiger partial charge in [0.25, 0.3) is 5.88 Å². The van der Waals surface area contributed by atoms with Gasteiger partial charge in [0.05, 0.1) is 16.1 Å². The van der Waals surface area contributed by atoms with Crippen molar-refractivity contribution in [3.63, 3.8) is 0 Å². The number of Topliss-reactive ketones (excluding diaryl/α,β-unsaturated/α-hetero) is 2. The van der Waals surface area contributed by atoms with E-state index in [4.69, 9.17) is 13.7 Å². The Labute approximate surface area is 330 Å². The monoisotopic (exact) mass is 839 g/mol. The van der Waals surface area contributed by atoms with Crippen molar-refractivity contribution in [2.75, 3.05) is 27.2 Å². The SMILES string of the molecule is CN(C)[C@@H]1c2onc(O)c2C(=O)[C@@]2(O[Si](C)(C)C(C)(C)C)C(O)=C3C(=O)c4c(c(F)c(CN5CCC[C@H]5CCO)c(Br)c4OCc4ccccc4)C[C@H]3C[C@@H]12. The lowest BCUT2D eigenvalue weighted by Crippen LogP contribution is -2.65. The maximum Gasteiger partial charge on any atom is 0.263 e. The van der Waals surface area contributed by atoms with Gasteiger partial charge in [0.2, 0.25) is 5.78 Å². The quantitative estimate of drug-likeness (QED) is 0.173. The molecule has 0 saturated carbocycles. The van der Waals surface area contributed by atoms with Gasteiger partial charge in [-0.15, -0.1) is 0 Å². The number of nitrogens with zero attached hydrogens (tertiary/aromatic N) is 3. The molecule has 7 rings (SSSR count). The van der Waals surface area contributed by atoms with E-state index in [1.54, 1.807) is 14.1 Å². The summed E-state index contributed by atoms with van der Waals surface area (Å²) < 4.78 is 36.7. The molecule has 0 unspecified atom stereocenters. The lowest BCUT2D eigenvalue weighted by Gasteiger charge is -2.55. The van der Waals surface area contributed by atoms with Crippen LogP contribution in [0.3, 0.4) is 0 Å². The van der Waals surface area contributed by atoms with Crippen LogP contribution in [0.4, 0.5) is 4.39 Å². The Morgan fingerprint density at radius 3 is 2.51 bits per heavy atom. The largest absolute Gasteiger partial charge is 0.508 e. The zero-order valence-corrected chi connectivity index (χ0v) is 35.1. The Morgan fingerprint density at radius 2 is 1.85 bits per heavy atom. The molecule has 0 radical (unpaired) electrons. The fourth-order valence-corrected chi connectivity index (χ4v) is 11.1. The average molecular weight is 841 g/mol. The summed E-state index contributed by atoms with van der Waals surface area (Å²) in [6.45, 7) is 11.1. The van der Waals surface area contributed by atoms with Crippen molar-refractivity contribution in [3.05, 3.63) is 85.5 Å². The molecule has 3 aliphatic carbocycles. The number of aromatic hydroxyl groups is 1. The Morgan fingerprint density at radius 1 is 1.15 bits per heavy atom. The molecule has 0 spiro atoms. The summed E-state index contributed by atoms with van der Waals surface area (Å²) in [7, 11) is 0.680. The second-order valence-electron chi connectivity index (χ2n) is 17.3. The van der Waals surface area contributed by atoms with Crippen molar-refractivity contribution in [1.82, 2.24) is 15.0 Å². The van der Waals surface area contributed by atoms with Crippen molar-refractivity contribution in [2.45, 2.75) is 102 Å². The maximum atomic E-state index is 17.3. The van der Waals surface area contributed by atoms with Gasteiger partial charge in [-0.2, -0.15) is 0 Å². The van der Waals surface area contributed by atoms with Crippen molar-refractivity contribution >= 4 is 35.8 Å². The molecule has 55 heavy (non-hydrogen) atoms. The molecule has 5 atom stereocenters. The third kappa shape index (κ3) is 6.40. The molecule has 1 aromatic heterocycles. The minimum Gasteiger partial charge on any atom is -0.508 e. The van der Waals surface area contributed by atoms with E-state index in [2.05, 4.69) is 26.0 Å². The van der Waals surface area contributed by atoms with Gasteiger partial charge < -0.3 is 29.0 Å². The highest BCUT2D eigenvalue weighted by Crippen LogP contribution is 2.60. The molecule has 0 bridgehead atoms. The summed E-state index contributed by atoms with van der Waals surface area (Å²) >= 11 is 3.67. The van der Waals surface area contributed by atoms with Gasteiger partial charge in [0, 0.05) is 41.8 Å². The molecule has 11 nitrogen and oxygen atoms in total. The molecule has 3 N–H and O–H groups in total. The van der Waals surface area contributed by atoms with Gasteiger partial charge in [-0.05, 0) is 103 Å². The first-order chi connectivity index (χ1) is 25.9. The van der Waals surface area contributed by atoms with Crippen LogP contribution in [0.5, 0.6) is 11.6 Å². The summed E-state index contributed by atoms with van der Waals surface area (Å²) in [4.78, 5) is 34.2. The van der Waals surface area contributed by atoms with E-state index >= 15 is 9.18 Å².